The predicted molar refractivity (Wildman–Crippen MR) is 60.4 cm³/mol. The minimum atomic E-state index is -0.634. The summed E-state index contributed by atoms with van der Waals surface area (Å²) in [5.74, 6) is -0.275. The van der Waals surface area contributed by atoms with E-state index in [0.717, 1.165) is 16.5 Å². The van der Waals surface area contributed by atoms with Gasteiger partial charge in [0.2, 0.25) is 0 Å². The van der Waals surface area contributed by atoms with Crippen molar-refractivity contribution in [3.05, 3.63) is 41.9 Å². The molecule has 0 aliphatic rings. The van der Waals surface area contributed by atoms with Crippen LogP contribution in [0, 0.1) is 11.3 Å². The molecule has 82 valence electrons. The first-order valence-electron chi connectivity index (χ1n) is 4.77. The number of rotatable bonds is 3. The second-order valence-electron chi connectivity index (χ2n) is 3.41. The third kappa shape index (κ3) is 1.99. The van der Waals surface area contributed by atoms with E-state index in [0.29, 0.717) is 0 Å². The van der Waals surface area contributed by atoms with Gasteiger partial charge in [-0.05, 0) is 29.8 Å². The summed E-state index contributed by atoms with van der Waals surface area (Å²) >= 11 is 0. The minimum Gasteiger partial charge on any atom is -0.360 e. The second-order valence-corrected chi connectivity index (χ2v) is 3.41. The number of fused-ring (bicyclic) bond motifs is 1. The van der Waals surface area contributed by atoms with Crippen molar-refractivity contribution in [2.24, 2.45) is 10.8 Å². The molecule has 0 amide bonds. The Labute approximate surface area is 91.5 Å². The number of aromatic nitrogens is 1. The van der Waals surface area contributed by atoms with Gasteiger partial charge in [-0.15, -0.1) is 0 Å². The van der Waals surface area contributed by atoms with Crippen LogP contribution >= 0.6 is 0 Å². The highest BCUT2D eigenvalue weighted by molar-refractivity contribution is 5.88. The Morgan fingerprint density at radius 1 is 1.50 bits per heavy atom. The molecule has 0 saturated carbocycles. The van der Waals surface area contributed by atoms with Gasteiger partial charge in [0.05, 0.1) is 0 Å². The van der Waals surface area contributed by atoms with Gasteiger partial charge in [-0.3, -0.25) is 0 Å². The lowest BCUT2D eigenvalue weighted by molar-refractivity contribution is 0.629. The molecule has 4 N–H and O–H groups in total. The molecule has 1 atom stereocenters. The second kappa shape index (κ2) is 4.24. The average molecular weight is 218 g/mol. The number of H-pyrrole nitrogens is 1. The van der Waals surface area contributed by atoms with Crippen LogP contribution in [-0.4, -0.2) is 11.1 Å². The fraction of sp³-hybridized carbons (Fsp3) is 0.0909. The van der Waals surface area contributed by atoms with E-state index in [4.69, 9.17) is 11.3 Å². The van der Waals surface area contributed by atoms with Gasteiger partial charge < -0.3 is 10.7 Å². The Balaban J connectivity index is 2.39. The summed E-state index contributed by atoms with van der Waals surface area (Å²) < 4.78 is 12.9. The Bertz CT molecular complexity index is 544. The number of aromatic amines is 1. The molecule has 0 bridgehead atoms. The Morgan fingerprint density at radius 2 is 2.31 bits per heavy atom. The van der Waals surface area contributed by atoms with Crippen LogP contribution in [0.25, 0.3) is 17.0 Å². The number of benzene rings is 1. The van der Waals surface area contributed by atoms with E-state index in [1.807, 2.05) is 0 Å². The number of nitrogens with two attached hydrogens (primary N) is 1. The fourth-order valence-electron chi connectivity index (χ4n) is 1.50. The van der Waals surface area contributed by atoms with Crippen molar-refractivity contribution >= 4 is 17.0 Å². The van der Waals surface area contributed by atoms with Crippen LogP contribution in [0.4, 0.5) is 4.39 Å². The van der Waals surface area contributed by atoms with Crippen molar-refractivity contribution in [1.29, 1.82) is 5.53 Å². The van der Waals surface area contributed by atoms with Crippen molar-refractivity contribution in [1.82, 2.24) is 4.98 Å². The molecule has 1 unspecified atom stereocenters. The summed E-state index contributed by atoms with van der Waals surface area (Å²) in [7, 11) is 0. The van der Waals surface area contributed by atoms with E-state index in [9.17, 15) is 4.39 Å². The highest BCUT2D eigenvalue weighted by Crippen LogP contribution is 2.20. The number of halogens is 1. The molecule has 2 aromatic rings. The molecule has 0 aliphatic heterocycles. The van der Waals surface area contributed by atoms with Gasteiger partial charge in [0.15, 0.2) is 0 Å². The highest BCUT2D eigenvalue weighted by Gasteiger charge is 2.02. The third-order valence-corrected chi connectivity index (χ3v) is 2.30. The highest BCUT2D eigenvalue weighted by atomic mass is 19.1. The van der Waals surface area contributed by atoms with Crippen LogP contribution in [0.2, 0.25) is 0 Å². The van der Waals surface area contributed by atoms with E-state index >= 15 is 0 Å². The zero-order valence-electron chi connectivity index (χ0n) is 8.44. The molecule has 4 nitrogen and oxygen atoms in total. The third-order valence-electron chi connectivity index (χ3n) is 2.30. The summed E-state index contributed by atoms with van der Waals surface area (Å²) in [5.41, 5.74) is 13.8. The maximum absolute atomic E-state index is 12.9. The van der Waals surface area contributed by atoms with Crippen molar-refractivity contribution in [3.8, 4) is 0 Å². The molecule has 1 heterocycles. The molecule has 0 aliphatic carbocycles. The predicted octanol–water partition coefficient (Wildman–Crippen LogP) is 2.64. The van der Waals surface area contributed by atoms with Gasteiger partial charge in [0, 0.05) is 17.1 Å². The number of hydrogen-bond donors (Lipinski definition) is 3. The molecule has 0 spiro atoms. The maximum Gasteiger partial charge on any atom is 0.137 e. The number of hydrogen-bond acceptors (Lipinski definition) is 3. The van der Waals surface area contributed by atoms with E-state index < -0.39 is 6.17 Å². The molecular formula is C11H11FN4. The van der Waals surface area contributed by atoms with Crippen LogP contribution < -0.4 is 5.73 Å². The van der Waals surface area contributed by atoms with Crippen LogP contribution in [0.15, 0.2) is 35.6 Å². The first kappa shape index (κ1) is 10.5. The van der Waals surface area contributed by atoms with E-state index in [-0.39, 0.29) is 5.82 Å². The molecule has 0 fully saturated rings. The van der Waals surface area contributed by atoms with E-state index in [2.05, 4.69) is 10.1 Å². The van der Waals surface area contributed by atoms with Crippen LogP contribution in [0.1, 0.15) is 5.56 Å². The number of nitrogens with one attached hydrogen (secondary N) is 2. The van der Waals surface area contributed by atoms with Gasteiger partial charge in [-0.1, -0.05) is 6.08 Å². The van der Waals surface area contributed by atoms with Crippen LogP contribution in [0.5, 0.6) is 0 Å². The zero-order valence-corrected chi connectivity index (χ0v) is 8.44. The summed E-state index contributed by atoms with van der Waals surface area (Å²) in [4.78, 5) is 2.96. The Hall–Kier alpha value is -2.01. The molecule has 16 heavy (non-hydrogen) atoms. The molecule has 0 radical (unpaired) electrons. The van der Waals surface area contributed by atoms with Gasteiger partial charge in [-0.2, -0.15) is 5.11 Å². The maximum atomic E-state index is 12.9. The molecule has 5 heteroatoms. The SMILES string of the molecule is N=NC(N)/C=C/c1c[nH]c2cc(F)ccc12. The fourth-order valence-corrected chi connectivity index (χ4v) is 1.50. The average Bonchev–Trinajstić information content (AvgIpc) is 2.68. The van der Waals surface area contributed by atoms with Gasteiger partial charge in [0.1, 0.15) is 12.0 Å². The van der Waals surface area contributed by atoms with Crippen LogP contribution in [-0.2, 0) is 0 Å². The van der Waals surface area contributed by atoms with Gasteiger partial charge in [0.25, 0.3) is 0 Å². The van der Waals surface area contributed by atoms with Crippen molar-refractivity contribution in [2.75, 3.05) is 0 Å². The zero-order chi connectivity index (χ0) is 11.5. The standard InChI is InChI=1S/C11H11FN4/c12-8-2-3-9-7(1-4-11(13)16-14)6-15-10(9)5-8/h1-6,11,14-15H,13H2/b4-1+,16-14?. The summed E-state index contributed by atoms with van der Waals surface area (Å²) in [6, 6.07) is 4.54. The molecule has 0 saturated heterocycles. The Morgan fingerprint density at radius 3 is 3.06 bits per heavy atom. The summed E-state index contributed by atoms with van der Waals surface area (Å²) in [6.45, 7) is 0. The summed E-state index contributed by atoms with van der Waals surface area (Å²) in [5, 5.41) is 4.06. The lowest BCUT2D eigenvalue weighted by atomic mass is 10.1. The Kier molecular flexibility index (Phi) is 2.78. The van der Waals surface area contributed by atoms with Crippen LogP contribution in [0.3, 0.4) is 0 Å². The molecular weight excluding hydrogens is 207 g/mol. The quantitative estimate of drug-likeness (QED) is 0.680. The van der Waals surface area contributed by atoms with Gasteiger partial charge >= 0.3 is 0 Å². The normalized spacial score (nSPS) is 13.4. The lowest BCUT2D eigenvalue weighted by Gasteiger charge is -1.95. The monoisotopic (exact) mass is 218 g/mol. The van der Waals surface area contributed by atoms with Gasteiger partial charge in [-0.25, -0.2) is 9.92 Å². The molecule has 2 rings (SSSR count). The smallest absolute Gasteiger partial charge is 0.137 e. The van der Waals surface area contributed by atoms with Crippen molar-refractivity contribution in [3.63, 3.8) is 0 Å². The first-order chi connectivity index (χ1) is 7.70. The van der Waals surface area contributed by atoms with E-state index in [1.165, 1.54) is 12.1 Å². The molecule has 1 aromatic heterocycles. The minimum absolute atomic E-state index is 0.275. The van der Waals surface area contributed by atoms with Crippen molar-refractivity contribution < 1.29 is 4.39 Å². The topological polar surface area (TPSA) is 78.0 Å². The summed E-state index contributed by atoms with van der Waals surface area (Å²) in [6.07, 6.45) is 4.50. The molecule has 1 aromatic carbocycles. The lowest BCUT2D eigenvalue weighted by Crippen LogP contribution is -2.11. The largest absolute Gasteiger partial charge is 0.360 e. The first-order valence-corrected chi connectivity index (χ1v) is 4.77. The number of nitrogens with zero attached hydrogens (tertiary/aromatic N) is 1. The van der Waals surface area contributed by atoms with Crippen molar-refractivity contribution in [2.45, 2.75) is 6.17 Å². The van der Waals surface area contributed by atoms with E-state index in [1.54, 1.807) is 24.4 Å².